The largest absolute Gasteiger partial charge is 0.469 e. The Bertz CT molecular complexity index is 281. The Morgan fingerprint density at radius 3 is 2.88 bits per heavy atom. The van der Waals surface area contributed by atoms with Crippen LogP contribution in [0.4, 0.5) is 0 Å². The zero-order chi connectivity index (χ0) is 12.0. The maximum absolute atomic E-state index is 11.7. The van der Waals surface area contributed by atoms with Crippen molar-refractivity contribution in [2.45, 2.75) is 39.0 Å². The van der Waals surface area contributed by atoms with Gasteiger partial charge >= 0.3 is 5.97 Å². The number of Topliss-reactive ketones (excluding diaryl/α,β-unsaturated/α-hetero) is 1. The van der Waals surface area contributed by atoms with Crippen molar-refractivity contribution < 1.29 is 14.3 Å². The molecule has 0 N–H and O–H groups in total. The van der Waals surface area contributed by atoms with Gasteiger partial charge in [-0.2, -0.15) is 0 Å². The van der Waals surface area contributed by atoms with Crippen LogP contribution >= 0.6 is 0 Å². The van der Waals surface area contributed by atoms with Gasteiger partial charge in [0.2, 0.25) is 0 Å². The Hall–Kier alpha value is -1.12. The number of ether oxygens (including phenoxy) is 1. The standard InChI is InChI=1S/C13H20O3/c1-3-4-5-6-11-10(7-8-12(11)14)9-13(15)16-2/h4-5,10-11H,3,6-9H2,1-2H3/t10-,11?/m0/s1. The number of allylic oxidation sites excluding steroid dienone is 2. The quantitative estimate of drug-likeness (QED) is 0.532. The molecule has 0 radical (unpaired) electrons. The zero-order valence-corrected chi connectivity index (χ0v) is 10.1. The van der Waals surface area contributed by atoms with E-state index in [2.05, 4.69) is 23.8 Å². The number of ketones is 1. The first-order valence-electron chi connectivity index (χ1n) is 5.93. The highest BCUT2D eigenvalue weighted by Gasteiger charge is 2.34. The van der Waals surface area contributed by atoms with Crippen LogP contribution in [0.1, 0.15) is 39.0 Å². The number of hydrogen-bond donors (Lipinski definition) is 0. The molecule has 0 aromatic carbocycles. The molecule has 0 aromatic rings. The van der Waals surface area contributed by atoms with E-state index < -0.39 is 0 Å². The van der Waals surface area contributed by atoms with Crippen molar-refractivity contribution in [2.24, 2.45) is 11.8 Å². The molecule has 0 spiro atoms. The van der Waals surface area contributed by atoms with Crippen LogP contribution in [-0.2, 0) is 14.3 Å². The summed E-state index contributed by atoms with van der Waals surface area (Å²) in [6, 6.07) is 0. The molecule has 0 aliphatic heterocycles. The third kappa shape index (κ3) is 3.47. The average Bonchev–Trinajstić information content (AvgIpc) is 2.61. The maximum atomic E-state index is 11.7. The van der Waals surface area contributed by atoms with Gasteiger partial charge in [0.05, 0.1) is 7.11 Å². The number of carbonyl (C=O) groups excluding carboxylic acids is 2. The van der Waals surface area contributed by atoms with Crippen LogP contribution in [0.15, 0.2) is 12.2 Å². The Labute approximate surface area is 96.9 Å². The molecule has 0 saturated heterocycles. The van der Waals surface area contributed by atoms with Gasteiger partial charge in [0.15, 0.2) is 0 Å². The van der Waals surface area contributed by atoms with Crippen molar-refractivity contribution in [3.8, 4) is 0 Å². The molecule has 2 atom stereocenters. The molecule has 1 aliphatic carbocycles. The number of carbonyl (C=O) groups is 2. The van der Waals surface area contributed by atoms with E-state index in [9.17, 15) is 9.59 Å². The lowest BCUT2D eigenvalue weighted by molar-refractivity contribution is -0.142. The summed E-state index contributed by atoms with van der Waals surface area (Å²) < 4.78 is 4.65. The molecule has 90 valence electrons. The molecular weight excluding hydrogens is 204 g/mol. The molecule has 3 heteroatoms. The fourth-order valence-corrected chi connectivity index (χ4v) is 2.25. The molecule has 0 bridgehead atoms. The topological polar surface area (TPSA) is 43.4 Å². The second-order valence-corrected chi connectivity index (χ2v) is 4.27. The van der Waals surface area contributed by atoms with Gasteiger partial charge in [-0.3, -0.25) is 9.59 Å². The Balaban J connectivity index is 2.52. The van der Waals surface area contributed by atoms with E-state index in [-0.39, 0.29) is 17.8 Å². The number of esters is 1. The molecule has 0 amide bonds. The lowest BCUT2D eigenvalue weighted by Gasteiger charge is -2.15. The zero-order valence-electron chi connectivity index (χ0n) is 10.1. The maximum Gasteiger partial charge on any atom is 0.305 e. The van der Waals surface area contributed by atoms with Crippen LogP contribution < -0.4 is 0 Å². The number of rotatable bonds is 5. The highest BCUT2D eigenvalue weighted by molar-refractivity contribution is 5.84. The van der Waals surface area contributed by atoms with E-state index in [1.54, 1.807) is 0 Å². The number of hydrogen-bond acceptors (Lipinski definition) is 3. The molecule has 3 nitrogen and oxygen atoms in total. The molecule has 1 saturated carbocycles. The number of methoxy groups -OCH3 is 1. The van der Waals surface area contributed by atoms with E-state index in [0.717, 1.165) is 19.3 Å². The normalized spacial score (nSPS) is 25.2. The fraction of sp³-hybridized carbons (Fsp3) is 0.692. The van der Waals surface area contributed by atoms with Gasteiger partial charge in [-0.15, -0.1) is 0 Å². The lowest BCUT2D eigenvalue weighted by Crippen LogP contribution is -2.18. The van der Waals surface area contributed by atoms with Gasteiger partial charge in [-0.25, -0.2) is 0 Å². The van der Waals surface area contributed by atoms with Crippen LogP contribution in [0, 0.1) is 11.8 Å². The minimum atomic E-state index is -0.204. The molecule has 0 aromatic heterocycles. The fourth-order valence-electron chi connectivity index (χ4n) is 2.25. The van der Waals surface area contributed by atoms with Gasteiger partial charge in [-0.05, 0) is 25.2 Å². The molecule has 1 unspecified atom stereocenters. The van der Waals surface area contributed by atoms with E-state index in [0.29, 0.717) is 18.6 Å². The summed E-state index contributed by atoms with van der Waals surface area (Å²) in [4.78, 5) is 22.9. The van der Waals surface area contributed by atoms with Crippen molar-refractivity contribution in [3.63, 3.8) is 0 Å². The minimum Gasteiger partial charge on any atom is -0.469 e. The van der Waals surface area contributed by atoms with E-state index in [1.807, 2.05) is 0 Å². The lowest BCUT2D eigenvalue weighted by atomic mass is 9.89. The summed E-state index contributed by atoms with van der Waals surface area (Å²) >= 11 is 0. The monoisotopic (exact) mass is 224 g/mol. The van der Waals surface area contributed by atoms with Crippen LogP contribution in [0.25, 0.3) is 0 Å². The van der Waals surface area contributed by atoms with Gasteiger partial charge in [0.25, 0.3) is 0 Å². The van der Waals surface area contributed by atoms with E-state index >= 15 is 0 Å². The average molecular weight is 224 g/mol. The Kier molecular flexibility index (Phi) is 5.23. The van der Waals surface area contributed by atoms with Gasteiger partial charge in [0, 0.05) is 18.8 Å². The first kappa shape index (κ1) is 12.9. The smallest absolute Gasteiger partial charge is 0.305 e. The van der Waals surface area contributed by atoms with Crippen LogP contribution in [-0.4, -0.2) is 18.9 Å². The molecule has 0 heterocycles. The first-order valence-corrected chi connectivity index (χ1v) is 5.93. The second kappa shape index (κ2) is 6.46. The summed E-state index contributed by atoms with van der Waals surface area (Å²) in [7, 11) is 1.39. The van der Waals surface area contributed by atoms with Gasteiger partial charge in [-0.1, -0.05) is 19.1 Å². The molecule has 1 fully saturated rings. The highest BCUT2D eigenvalue weighted by Crippen LogP contribution is 2.34. The minimum absolute atomic E-state index is 0.0295. The van der Waals surface area contributed by atoms with Crippen molar-refractivity contribution in [3.05, 3.63) is 12.2 Å². The third-order valence-corrected chi connectivity index (χ3v) is 3.19. The van der Waals surface area contributed by atoms with E-state index in [4.69, 9.17) is 0 Å². The van der Waals surface area contributed by atoms with Crippen molar-refractivity contribution in [1.82, 2.24) is 0 Å². The molecular formula is C13H20O3. The van der Waals surface area contributed by atoms with Gasteiger partial charge < -0.3 is 4.74 Å². The summed E-state index contributed by atoms with van der Waals surface area (Å²) in [5.74, 6) is 0.308. The highest BCUT2D eigenvalue weighted by atomic mass is 16.5. The SMILES string of the molecule is CCC=CCC1C(=O)CC[C@H]1CC(=O)OC. The van der Waals surface area contributed by atoms with Crippen molar-refractivity contribution in [1.29, 1.82) is 0 Å². The summed E-state index contributed by atoms with van der Waals surface area (Å²) in [5.41, 5.74) is 0. The van der Waals surface area contributed by atoms with Crippen molar-refractivity contribution >= 4 is 11.8 Å². The third-order valence-electron chi connectivity index (χ3n) is 3.19. The summed E-state index contributed by atoms with van der Waals surface area (Å²) in [6.07, 6.45) is 7.72. The van der Waals surface area contributed by atoms with Crippen molar-refractivity contribution in [2.75, 3.05) is 7.11 Å². The Morgan fingerprint density at radius 2 is 2.25 bits per heavy atom. The van der Waals surface area contributed by atoms with E-state index in [1.165, 1.54) is 7.11 Å². The first-order chi connectivity index (χ1) is 7.69. The second-order valence-electron chi connectivity index (χ2n) is 4.27. The Morgan fingerprint density at radius 1 is 1.50 bits per heavy atom. The predicted molar refractivity (Wildman–Crippen MR) is 61.9 cm³/mol. The molecule has 16 heavy (non-hydrogen) atoms. The van der Waals surface area contributed by atoms with Crippen LogP contribution in [0.5, 0.6) is 0 Å². The van der Waals surface area contributed by atoms with Crippen LogP contribution in [0.3, 0.4) is 0 Å². The molecule has 1 rings (SSSR count). The molecule has 1 aliphatic rings. The summed E-state index contributed by atoms with van der Waals surface area (Å²) in [5, 5.41) is 0. The predicted octanol–water partition coefficient (Wildman–Crippen LogP) is 2.50. The van der Waals surface area contributed by atoms with Crippen LogP contribution in [0.2, 0.25) is 0 Å². The summed E-state index contributed by atoms with van der Waals surface area (Å²) in [6.45, 7) is 2.07. The van der Waals surface area contributed by atoms with Gasteiger partial charge in [0.1, 0.15) is 5.78 Å².